The maximum Gasteiger partial charge on any atom is 0.552 e. The summed E-state index contributed by atoms with van der Waals surface area (Å²) in [6.07, 6.45) is 2.08. The van der Waals surface area contributed by atoms with Gasteiger partial charge in [0.2, 0.25) is 0 Å². The molecule has 5 heteroatoms. The van der Waals surface area contributed by atoms with Crippen LogP contribution in [0.3, 0.4) is 0 Å². The second-order valence-corrected chi connectivity index (χ2v) is 4.41. The number of aryl methyl sites for hydroxylation is 1. The zero-order valence-electron chi connectivity index (χ0n) is 10.4. The average molecular weight is 256 g/mol. The van der Waals surface area contributed by atoms with Gasteiger partial charge in [-0.05, 0) is 36.6 Å². The van der Waals surface area contributed by atoms with Crippen molar-refractivity contribution in [2.45, 2.75) is 33.3 Å². The highest BCUT2D eigenvalue weighted by molar-refractivity contribution is 6.40. The summed E-state index contributed by atoms with van der Waals surface area (Å²) < 4.78 is 10.7. The first-order chi connectivity index (χ1) is 8.13. The fraction of sp³-hybridized carbons (Fsp3) is 0.500. The lowest BCUT2D eigenvalue weighted by Gasteiger charge is -2.11. The maximum atomic E-state index is 5.92. The van der Waals surface area contributed by atoms with Crippen molar-refractivity contribution in [3.05, 3.63) is 34.3 Å². The van der Waals surface area contributed by atoms with Crippen LogP contribution < -0.4 is 5.64 Å². The van der Waals surface area contributed by atoms with Crippen molar-refractivity contribution in [2.24, 2.45) is 5.64 Å². The number of halogens is 1. The minimum absolute atomic E-state index is 0.416. The fourth-order valence-corrected chi connectivity index (χ4v) is 1.55. The molecule has 0 amide bonds. The molecule has 0 aliphatic carbocycles. The number of benzene rings is 1. The van der Waals surface area contributed by atoms with E-state index in [1.807, 2.05) is 25.1 Å². The van der Waals surface area contributed by atoms with Gasteiger partial charge >= 0.3 is 7.25 Å². The van der Waals surface area contributed by atoms with Gasteiger partial charge in [0.15, 0.2) is 0 Å². The van der Waals surface area contributed by atoms with Crippen LogP contribution >= 0.6 is 11.6 Å². The molecule has 0 aliphatic rings. The Morgan fingerprint density at radius 1 is 1.35 bits per heavy atom. The Morgan fingerprint density at radius 2 is 2.12 bits per heavy atom. The van der Waals surface area contributed by atoms with Crippen molar-refractivity contribution in [3.63, 3.8) is 0 Å². The minimum atomic E-state index is -0.667. The monoisotopic (exact) mass is 255 g/mol. The van der Waals surface area contributed by atoms with Crippen LogP contribution in [0, 0.1) is 6.92 Å². The first-order valence-electron chi connectivity index (χ1n) is 5.87. The van der Waals surface area contributed by atoms with Gasteiger partial charge in [-0.2, -0.15) is 0 Å². The molecule has 1 rings (SSSR count). The van der Waals surface area contributed by atoms with Crippen LogP contribution in [0.1, 0.15) is 30.9 Å². The van der Waals surface area contributed by atoms with Crippen LogP contribution in [0.15, 0.2) is 18.2 Å². The first kappa shape index (κ1) is 14.5. The molecule has 0 heterocycles. The van der Waals surface area contributed by atoms with E-state index in [2.05, 4.69) is 6.92 Å². The third-order valence-electron chi connectivity index (χ3n) is 2.49. The third kappa shape index (κ3) is 5.55. The maximum absolute atomic E-state index is 5.92. The third-order valence-corrected chi connectivity index (χ3v) is 2.73. The van der Waals surface area contributed by atoms with E-state index in [1.165, 1.54) is 0 Å². The summed E-state index contributed by atoms with van der Waals surface area (Å²) >= 11 is 5.92. The molecule has 1 aromatic rings. The van der Waals surface area contributed by atoms with Crippen LogP contribution in [0.5, 0.6) is 0 Å². The van der Waals surface area contributed by atoms with E-state index in [0.29, 0.717) is 18.2 Å². The van der Waals surface area contributed by atoms with Crippen LogP contribution in [-0.4, -0.2) is 13.9 Å². The van der Waals surface area contributed by atoms with Gasteiger partial charge in [-0.1, -0.05) is 31.0 Å². The first-order valence-corrected chi connectivity index (χ1v) is 6.25. The summed E-state index contributed by atoms with van der Waals surface area (Å²) in [5, 5.41) is 0.703. The largest absolute Gasteiger partial charge is 0.552 e. The predicted molar refractivity (Wildman–Crippen MR) is 71.8 cm³/mol. The van der Waals surface area contributed by atoms with Gasteiger partial charge in [0.25, 0.3) is 0 Å². The molecule has 3 nitrogen and oxygen atoms in total. The molecular weight excluding hydrogens is 236 g/mol. The van der Waals surface area contributed by atoms with Crippen molar-refractivity contribution >= 4 is 18.9 Å². The van der Waals surface area contributed by atoms with E-state index >= 15 is 0 Å². The fourth-order valence-electron chi connectivity index (χ4n) is 1.36. The smallest absolute Gasteiger partial charge is 0.397 e. The molecular formula is C12H19BClNO2. The van der Waals surface area contributed by atoms with Crippen molar-refractivity contribution in [3.8, 4) is 0 Å². The summed E-state index contributed by atoms with van der Waals surface area (Å²) in [6, 6.07) is 5.71. The van der Waals surface area contributed by atoms with E-state index in [1.54, 1.807) is 0 Å². The highest BCUT2D eigenvalue weighted by Crippen LogP contribution is 2.16. The molecule has 0 bridgehead atoms. The minimum Gasteiger partial charge on any atom is -0.397 e. The van der Waals surface area contributed by atoms with Crippen molar-refractivity contribution < 1.29 is 9.31 Å². The van der Waals surface area contributed by atoms with Gasteiger partial charge in [-0.15, -0.1) is 0 Å². The lowest BCUT2D eigenvalue weighted by atomic mass is 10.1. The molecule has 0 spiro atoms. The van der Waals surface area contributed by atoms with Gasteiger partial charge < -0.3 is 15.0 Å². The Hall–Kier alpha value is -0.545. The Bertz CT molecular complexity index is 349. The van der Waals surface area contributed by atoms with E-state index in [0.717, 1.165) is 24.0 Å². The highest BCUT2D eigenvalue weighted by atomic mass is 35.5. The summed E-state index contributed by atoms with van der Waals surface area (Å²) in [6.45, 7) is 5.16. The number of unbranched alkanes of at least 4 members (excludes halogenated alkanes) is 1. The van der Waals surface area contributed by atoms with Crippen LogP contribution in [0.2, 0.25) is 5.02 Å². The topological polar surface area (TPSA) is 44.5 Å². The Balaban J connectivity index is 2.36. The Morgan fingerprint density at radius 3 is 2.82 bits per heavy atom. The molecule has 0 radical (unpaired) electrons. The molecule has 0 atom stereocenters. The lowest BCUT2D eigenvalue weighted by molar-refractivity contribution is 0.187. The molecule has 0 aromatic heterocycles. The zero-order chi connectivity index (χ0) is 12.7. The highest BCUT2D eigenvalue weighted by Gasteiger charge is 2.12. The lowest BCUT2D eigenvalue weighted by Crippen LogP contribution is -2.34. The van der Waals surface area contributed by atoms with E-state index in [4.69, 9.17) is 26.6 Å². The second-order valence-electron chi connectivity index (χ2n) is 3.97. The summed E-state index contributed by atoms with van der Waals surface area (Å²) in [5.74, 6) is 0. The Kier molecular flexibility index (Phi) is 6.59. The summed E-state index contributed by atoms with van der Waals surface area (Å²) in [5.41, 5.74) is 7.84. The van der Waals surface area contributed by atoms with Gasteiger partial charge in [0, 0.05) is 11.6 Å². The van der Waals surface area contributed by atoms with E-state index in [9.17, 15) is 0 Å². The zero-order valence-corrected chi connectivity index (χ0v) is 11.2. The molecule has 1 aromatic carbocycles. The Labute approximate surface area is 108 Å². The summed E-state index contributed by atoms with van der Waals surface area (Å²) in [7, 11) is -0.667. The molecule has 94 valence electrons. The normalized spacial score (nSPS) is 10.6. The van der Waals surface area contributed by atoms with Gasteiger partial charge in [0.05, 0.1) is 6.61 Å². The van der Waals surface area contributed by atoms with Crippen molar-refractivity contribution in [1.82, 2.24) is 0 Å². The van der Waals surface area contributed by atoms with Crippen molar-refractivity contribution in [2.75, 3.05) is 6.61 Å². The summed E-state index contributed by atoms with van der Waals surface area (Å²) in [4.78, 5) is 0. The number of hydrogen-bond donors (Lipinski definition) is 1. The van der Waals surface area contributed by atoms with Crippen molar-refractivity contribution in [1.29, 1.82) is 0 Å². The number of rotatable bonds is 7. The predicted octanol–water partition coefficient (Wildman–Crippen LogP) is 2.93. The van der Waals surface area contributed by atoms with Crippen LogP contribution in [0.25, 0.3) is 0 Å². The number of hydrogen-bond acceptors (Lipinski definition) is 3. The molecule has 0 saturated carbocycles. The van der Waals surface area contributed by atoms with E-state index in [-0.39, 0.29) is 0 Å². The second kappa shape index (κ2) is 7.72. The molecule has 0 saturated heterocycles. The van der Waals surface area contributed by atoms with Crippen LogP contribution in [-0.2, 0) is 15.9 Å². The quantitative estimate of drug-likeness (QED) is 0.602. The molecule has 17 heavy (non-hydrogen) atoms. The molecule has 0 aliphatic heterocycles. The van der Waals surface area contributed by atoms with Gasteiger partial charge in [-0.3, -0.25) is 0 Å². The molecule has 0 unspecified atom stereocenters. The number of nitrogens with two attached hydrogens (primary N) is 1. The standard InChI is InChI=1S/C12H19BClNO2/c1-3-4-7-16-13(15)17-9-11-8-12(14)6-5-10(11)2/h5-6,8H,3-4,7,9,15H2,1-2H3. The van der Waals surface area contributed by atoms with Crippen LogP contribution in [0.4, 0.5) is 0 Å². The van der Waals surface area contributed by atoms with E-state index < -0.39 is 7.25 Å². The molecule has 0 fully saturated rings. The van der Waals surface area contributed by atoms with Gasteiger partial charge in [0.1, 0.15) is 0 Å². The average Bonchev–Trinajstić information content (AvgIpc) is 2.31. The van der Waals surface area contributed by atoms with Gasteiger partial charge in [-0.25, -0.2) is 0 Å². The molecule has 2 N–H and O–H groups in total. The SMILES string of the molecule is CCCCOB(N)OCc1cc(Cl)ccc1C.